The molecule has 98 valence electrons. The van der Waals surface area contributed by atoms with Crippen molar-refractivity contribution < 1.29 is 13.9 Å². The van der Waals surface area contributed by atoms with Gasteiger partial charge in [-0.05, 0) is 31.0 Å². The molecule has 1 heterocycles. The van der Waals surface area contributed by atoms with E-state index in [1.54, 1.807) is 12.1 Å². The molecule has 0 aromatic heterocycles. The van der Waals surface area contributed by atoms with Gasteiger partial charge in [0.2, 0.25) is 0 Å². The Balaban J connectivity index is 1.90. The summed E-state index contributed by atoms with van der Waals surface area (Å²) >= 11 is 0. The molecule has 0 radical (unpaired) electrons. The summed E-state index contributed by atoms with van der Waals surface area (Å²) in [6.07, 6.45) is 0.198. The van der Waals surface area contributed by atoms with Crippen LogP contribution in [0.5, 0.6) is 0 Å². The predicted molar refractivity (Wildman–Crippen MR) is 66.9 cm³/mol. The minimum Gasteiger partial charge on any atom is -0.444 e. The molecule has 1 saturated heterocycles. The zero-order valence-electron chi connectivity index (χ0n) is 10.3. The smallest absolute Gasteiger partial charge is 0.412 e. The highest BCUT2D eigenvalue weighted by Crippen LogP contribution is 2.17. The van der Waals surface area contributed by atoms with Crippen LogP contribution in [-0.4, -0.2) is 25.3 Å². The number of para-hydroxylation sites is 1. The second-order valence-electron chi connectivity index (χ2n) is 4.52. The second kappa shape index (κ2) is 5.82. The summed E-state index contributed by atoms with van der Waals surface area (Å²) in [4.78, 5) is 11.7. The maximum Gasteiger partial charge on any atom is 0.412 e. The molecule has 5 heteroatoms. The van der Waals surface area contributed by atoms with Crippen LogP contribution in [0, 0.1) is 11.7 Å². The Kier molecular flexibility index (Phi) is 4.15. The Labute approximate surface area is 106 Å². The summed E-state index contributed by atoms with van der Waals surface area (Å²) in [7, 11) is 0. The Morgan fingerprint density at radius 1 is 1.50 bits per heavy atom. The van der Waals surface area contributed by atoms with Crippen molar-refractivity contribution in [1.29, 1.82) is 0 Å². The van der Waals surface area contributed by atoms with Crippen LogP contribution < -0.4 is 10.6 Å². The van der Waals surface area contributed by atoms with Gasteiger partial charge >= 0.3 is 6.09 Å². The second-order valence-corrected chi connectivity index (χ2v) is 4.52. The van der Waals surface area contributed by atoms with E-state index in [2.05, 4.69) is 10.6 Å². The molecule has 2 rings (SSSR count). The van der Waals surface area contributed by atoms with E-state index >= 15 is 0 Å². The van der Waals surface area contributed by atoms with Gasteiger partial charge in [0.15, 0.2) is 0 Å². The molecule has 1 aromatic rings. The number of hydrogen-bond acceptors (Lipinski definition) is 3. The summed E-state index contributed by atoms with van der Waals surface area (Å²) < 4.78 is 18.6. The summed E-state index contributed by atoms with van der Waals surface area (Å²) in [5.41, 5.74) is 0.138. The molecule has 1 aliphatic heterocycles. The number of hydrogen-bond donors (Lipinski definition) is 2. The molecular formula is C13H17FN2O2. The molecule has 1 fully saturated rings. The van der Waals surface area contributed by atoms with Crippen molar-refractivity contribution in [2.75, 3.05) is 18.4 Å². The van der Waals surface area contributed by atoms with Gasteiger partial charge in [0.1, 0.15) is 11.9 Å². The standard InChI is InChI=1S/C13H17FN2O2/c1-9-6-7-15-8-12(9)18-13(17)16-11-5-3-2-4-10(11)14/h2-5,9,12,15H,6-8H2,1H3,(H,16,17). The van der Waals surface area contributed by atoms with Crippen molar-refractivity contribution in [3.05, 3.63) is 30.1 Å². The third-order valence-corrected chi connectivity index (χ3v) is 3.13. The molecule has 0 spiro atoms. The Bertz CT molecular complexity index is 425. The third-order valence-electron chi connectivity index (χ3n) is 3.13. The fourth-order valence-electron chi connectivity index (χ4n) is 1.96. The van der Waals surface area contributed by atoms with Crippen LogP contribution in [0.2, 0.25) is 0 Å². The van der Waals surface area contributed by atoms with Gasteiger partial charge in [0.05, 0.1) is 5.69 Å². The van der Waals surface area contributed by atoms with E-state index < -0.39 is 11.9 Å². The molecule has 0 saturated carbocycles. The molecule has 1 aliphatic rings. The molecule has 2 unspecified atom stereocenters. The normalized spacial score (nSPS) is 23.4. The number of ether oxygens (including phenoxy) is 1. The highest BCUT2D eigenvalue weighted by atomic mass is 19.1. The average molecular weight is 252 g/mol. The largest absolute Gasteiger partial charge is 0.444 e. The van der Waals surface area contributed by atoms with Crippen molar-refractivity contribution >= 4 is 11.8 Å². The Morgan fingerprint density at radius 2 is 2.28 bits per heavy atom. The van der Waals surface area contributed by atoms with Crippen molar-refractivity contribution in [2.45, 2.75) is 19.4 Å². The zero-order chi connectivity index (χ0) is 13.0. The van der Waals surface area contributed by atoms with Crippen LogP contribution in [0.1, 0.15) is 13.3 Å². The number of benzene rings is 1. The van der Waals surface area contributed by atoms with Gasteiger partial charge in [-0.3, -0.25) is 5.32 Å². The molecular weight excluding hydrogens is 235 g/mol. The molecule has 1 aromatic carbocycles. The number of piperidine rings is 1. The number of carbonyl (C=O) groups is 1. The third kappa shape index (κ3) is 3.20. The van der Waals surface area contributed by atoms with Gasteiger partial charge in [0.25, 0.3) is 0 Å². The van der Waals surface area contributed by atoms with E-state index in [0.717, 1.165) is 13.0 Å². The van der Waals surface area contributed by atoms with Crippen LogP contribution in [0.25, 0.3) is 0 Å². The van der Waals surface area contributed by atoms with E-state index in [1.165, 1.54) is 12.1 Å². The number of anilines is 1. The lowest BCUT2D eigenvalue weighted by Gasteiger charge is -2.29. The summed E-state index contributed by atoms with van der Waals surface area (Å²) in [5, 5.41) is 5.58. The van der Waals surface area contributed by atoms with Crippen LogP contribution in [0.15, 0.2) is 24.3 Å². The van der Waals surface area contributed by atoms with Crippen molar-refractivity contribution in [2.24, 2.45) is 5.92 Å². The maximum absolute atomic E-state index is 13.3. The van der Waals surface area contributed by atoms with E-state index in [9.17, 15) is 9.18 Å². The first-order valence-corrected chi connectivity index (χ1v) is 6.09. The first-order chi connectivity index (χ1) is 8.66. The fourth-order valence-corrected chi connectivity index (χ4v) is 1.96. The lowest BCUT2D eigenvalue weighted by Crippen LogP contribution is -2.42. The first-order valence-electron chi connectivity index (χ1n) is 6.09. The van der Waals surface area contributed by atoms with E-state index in [1.807, 2.05) is 6.92 Å². The topological polar surface area (TPSA) is 50.4 Å². The molecule has 2 N–H and O–H groups in total. The summed E-state index contributed by atoms with van der Waals surface area (Å²) in [6.45, 7) is 3.63. The molecule has 1 amide bonds. The van der Waals surface area contributed by atoms with Gasteiger partial charge in [-0.25, -0.2) is 9.18 Å². The molecule has 2 atom stereocenters. The SMILES string of the molecule is CC1CCNCC1OC(=O)Nc1ccccc1F. The van der Waals surface area contributed by atoms with Gasteiger partial charge in [0, 0.05) is 6.54 Å². The summed E-state index contributed by atoms with van der Waals surface area (Å²) in [5.74, 6) is -0.151. The summed E-state index contributed by atoms with van der Waals surface area (Å²) in [6, 6.07) is 6.02. The zero-order valence-corrected chi connectivity index (χ0v) is 10.3. The highest BCUT2D eigenvalue weighted by Gasteiger charge is 2.24. The van der Waals surface area contributed by atoms with Crippen LogP contribution in [0.4, 0.5) is 14.9 Å². The van der Waals surface area contributed by atoms with Crippen LogP contribution in [0.3, 0.4) is 0 Å². The minimum absolute atomic E-state index is 0.138. The lowest BCUT2D eigenvalue weighted by atomic mass is 9.97. The van der Waals surface area contributed by atoms with E-state index in [0.29, 0.717) is 12.5 Å². The molecule has 0 bridgehead atoms. The molecule has 18 heavy (non-hydrogen) atoms. The van der Waals surface area contributed by atoms with Crippen molar-refractivity contribution in [1.82, 2.24) is 5.32 Å². The van der Waals surface area contributed by atoms with Gasteiger partial charge in [-0.1, -0.05) is 19.1 Å². The fraction of sp³-hybridized carbons (Fsp3) is 0.462. The van der Waals surface area contributed by atoms with Crippen molar-refractivity contribution in [3.63, 3.8) is 0 Å². The van der Waals surface area contributed by atoms with Gasteiger partial charge in [-0.2, -0.15) is 0 Å². The highest BCUT2D eigenvalue weighted by molar-refractivity contribution is 5.84. The molecule has 4 nitrogen and oxygen atoms in total. The number of halogens is 1. The van der Waals surface area contributed by atoms with Crippen LogP contribution >= 0.6 is 0 Å². The van der Waals surface area contributed by atoms with Gasteiger partial charge in [-0.15, -0.1) is 0 Å². The van der Waals surface area contributed by atoms with Crippen LogP contribution in [-0.2, 0) is 4.74 Å². The number of carbonyl (C=O) groups excluding carboxylic acids is 1. The number of nitrogens with one attached hydrogen (secondary N) is 2. The maximum atomic E-state index is 13.3. The predicted octanol–water partition coefficient (Wildman–Crippen LogP) is 2.37. The molecule has 0 aliphatic carbocycles. The average Bonchev–Trinajstić information content (AvgIpc) is 2.35. The van der Waals surface area contributed by atoms with Gasteiger partial charge < -0.3 is 10.1 Å². The van der Waals surface area contributed by atoms with E-state index in [4.69, 9.17) is 4.74 Å². The first kappa shape index (κ1) is 12.8. The minimum atomic E-state index is -0.611. The lowest BCUT2D eigenvalue weighted by molar-refractivity contribution is 0.0613. The van der Waals surface area contributed by atoms with E-state index in [-0.39, 0.29) is 11.8 Å². The monoisotopic (exact) mass is 252 g/mol. The van der Waals surface area contributed by atoms with Crippen molar-refractivity contribution in [3.8, 4) is 0 Å². The number of amides is 1. The quantitative estimate of drug-likeness (QED) is 0.849. The number of rotatable bonds is 2. The Hall–Kier alpha value is -1.62. The Morgan fingerprint density at radius 3 is 3.00 bits per heavy atom.